The summed E-state index contributed by atoms with van der Waals surface area (Å²) in [6.45, 7) is 6.27. The van der Waals surface area contributed by atoms with Crippen LogP contribution in [0.4, 0.5) is 0 Å². The number of furan rings is 1. The summed E-state index contributed by atoms with van der Waals surface area (Å²) >= 11 is 0. The molecule has 4 heteroatoms. The highest BCUT2D eigenvalue weighted by Gasteiger charge is 2.27. The maximum absolute atomic E-state index is 5.89. The van der Waals surface area contributed by atoms with E-state index in [1.165, 1.54) is 5.56 Å². The summed E-state index contributed by atoms with van der Waals surface area (Å²) in [5.74, 6) is 6.82. The zero-order valence-electron chi connectivity index (χ0n) is 11.9. The zero-order chi connectivity index (χ0) is 14.0. The predicted molar refractivity (Wildman–Crippen MR) is 76.7 cm³/mol. The molecule has 0 fully saturated rings. The molecule has 0 aliphatic carbocycles. The van der Waals surface area contributed by atoms with Gasteiger partial charge in [-0.05, 0) is 31.0 Å². The van der Waals surface area contributed by atoms with E-state index in [4.69, 9.17) is 15.0 Å². The zero-order valence-corrected chi connectivity index (χ0v) is 11.9. The Bertz CT molecular complexity index is 548. The van der Waals surface area contributed by atoms with Crippen LogP contribution in [-0.2, 0) is 4.74 Å². The first-order valence-electron chi connectivity index (χ1n) is 6.55. The Hall–Kier alpha value is -1.36. The van der Waals surface area contributed by atoms with E-state index in [0.717, 1.165) is 16.7 Å². The van der Waals surface area contributed by atoms with Gasteiger partial charge in [-0.1, -0.05) is 25.5 Å². The number of nitrogens with two attached hydrogens (primary N) is 1. The van der Waals surface area contributed by atoms with E-state index in [0.29, 0.717) is 5.92 Å². The molecule has 0 bridgehead atoms. The highest BCUT2D eigenvalue weighted by molar-refractivity contribution is 5.78. The van der Waals surface area contributed by atoms with Gasteiger partial charge in [0.05, 0.1) is 6.10 Å². The fraction of sp³-hybridized carbons (Fsp3) is 0.467. The van der Waals surface area contributed by atoms with E-state index < -0.39 is 0 Å². The number of rotatable bonds is 5. The second-order valence-electron chi connectivity index (χ2n) is 5.28. The number of methoxy groups -OCH3 is 1. The summed E-state index contributed by atoms with van der Waals surface area (Å²) in [6, 6.07) is 8.00. The summed E-state index contributed by atoms with van der Waals surface area (Å²) in [5.41, 5.74) is 4.89. The molecule has 1 aromatic heterocycles. The van der Waals surface area contributed by atoms with Crippen LogP contribution < -0.4 is 11.3 Å². The highest BCUT2D eigenvalue weighted by Crippen LogP contribution is 2.29. The summed E-state index contributed by atoms with van der Waals surface area (Å²) in [4.78, 5) is 0. The third-order valence-electron chi connectivity index (χ3n) is 3.43. The number of fused-ring (bicyclic) bond motifs is 1. The van der Waals surface area contributed by atoms with Crippen LogP contribution in [0.5, 0.6) is 0 Å². The lowest BCUT2D eigenvalue weighted by atomic mass is 9.98. The number of ether oxygens (including phenoxy) is 1. The lowest BCUT2D eigenvalue weighted by Gasteiger charge is -2.26. The Labute approximate surface area is 113 Å². The Morgan fingerprint density at radius 3 is 2.58 bits per heavy atom. The smallest absolute Gasteiger partial charge is 0.134 e. The molecular formula is C15H22N2O2. The molecule has 0 amide bonds. The van der Waals surface area contributed by atoms with Crippen molar-refractivity contribution in [3.05, 3.63) is 35.6 Å². The van der Waals surface area contributed by atoms with Crippen LogP contribution in [-0.4, -0.2) is 13.2 Å². The van der Waals surface area contributed by atoms with Crippen molar-refractivity contribution in [2.75, 3.05) is 7.11 Å². The molecule has 4 nitrogen and oxygen atoms in total. The van der Waals surface area contributed by atoms with Gasteiger partial charge < -0.3 is 9.15 Å². The highest BCUT2D eigenvalue weighted by atomic mass is 16.5. The van der Waals surface area contributed by atoms with Crippen LogP contribution in [0.15, 0.2) is 28.7 Å². The average Bonchev–Trinajstić information content (AvgIpc) is 2.77. The number of nitrogens with one attached hydrogen (secondary N) is 1. The number of hydrogen-bond acceptors (Lipinski definition) is 4. The topological polar surface area (TPSA) is 60.4 Å². The largest absolute Gasteiger partial charge is 0.459 e. The van der Waals surface area contributed by atoms with Crippen molar-refractivity contribution >= 4 is 11.0 Å². The molecular weight excluding hydrogens is 240 g/mol. The van der Waals surface area contributed by atoms with Gasteiger partial charge in [0.25, 0.3) is 0 Å². The molecule has 2 rings (SSSR count). The van der Waals surface area contributed by atoms with Gasteiger partial charge in [-0.3, -0.25) is 5.84 Å². The first-order chi connectivity index (χ1) is 9.06. The van der Waals surface area contributed by atoms with Gasteiger partial charge >= 0.3 is 0 Å². The van der Waals surface area contributed by atoms with Crippen molar-refractivity contribution in [2.24, 2.45) is 11.8 Å². The minimum atomic E-state index is -0.155. The van der Waals surface area contributed by atoms with Crippen LogP contribution >= 0.6 is 0 Å². The van der Waals surface area contributed by atoms with Gasteiger partial charge in [0.15, 0.2) is 0 Å². The summed E-state index contributed by atoms with van der Waals surface area (Å²) < 4.78 is 11.4. The fourth-order valence-corrected chi connectivity index (χ4v) is 2.47. The van der Waals surface area contributed by atoms with Gasteiger partial charge in [-0.25, -0.2) is 5.43 Å². The number of aryl methyl sites for hydroxylation is 1. The van der Waals surface area contributed by atoms with Crippen LogP contribution in [0.2, 0.25) is 0 Å². The minimum Gasteiger partial charge on any atom is -0.459 e. The molecule has 2 atom stereocenters. The number of benzene rings is 1. The third kappa shape index (κ3) is 2.81. The monoisotopic (exact) mass is 262 g/mol. The van der Waals surface area contributed by atoms with Crippen molar-refractivity contribution in [3.8, 4) is 0 Å². The van der Waals surface area contributed by atoms with E-state index >= 15 is 0 Å². The number of hydrogen-bond donors (Lipinski definition) is 2. The van der Waals surface area contributed by atoms with E-state index in [-0.39, 0.29) is 12.1 Å². The quantitative estimate of drug-likeness (QED) is 0.642. The van der Waals surface area contributed by atoms with Crippen LogP contribution in [0.25, 0.3) is 11.0 Å². The van der Waals surface area contributed by atoms with Crippen molar-refractivity contribution in [1.82, 2.24) is 5.43 Å². The first kappa shape index (κ1) is 14.1. The minimum absolute atomic E-state index is 0.0355. The van der Waals surface area contributed by atoms with E-state index in [9.17, 15) is 0 Å². The van der Waals surface area contributed by atoms with Crippen molar-refractivity contribution in [3.63, 3.8) is 0 Å². The molecule has 0 spiro atoms. The fourth-order valence-electron chi connectivity index (χ4n) is 2.47. The molecule has 2 aromatic rings. The van der Waals surface area contributed by atoms with Crippen LogP contribution in [0.3, 0.4) is 0 Å². The second kappa shape index (κ2) is 5.74. The maximum atomic E-state index is 5.89. The van der Waals surface area contributed by atoms with Crippen molar-refractivity contribution < 1.29 is 9.15 Å². The lowest BCUT2D eigenvalue weighted by molar-refractivity contribution is 0.0269. The van der Waals surface area contributed by atoms with E-state index in [1.807, 2.05) is 18.2 Å². The molecule has 3 N–H and O–H groups in total. The third-order valence-corrected chi connectivity index (χ3v) is 3.43. The molecule has 0 aliphatic rings. The normalized spacial score (nSPS) is 15.1. The average molecular weight is 262 g/mol. The molecule has 1 aromatic carbocycles. The molecule has 104 valence electrons. The van der Waals surface area contributed by atoms with Crippen LogP contribution in [0, 0.1) is 12.8 Å². The van der Waals surface area contributed by atoms with Gasteiger partial charge in [-0.2, -0.15) is 0 Å². The first-order valence-corrected chi connectivity index (χ1v) is 6.55. The summed E-state index contributed by atoms with van der Waals surface area (Å²) in [7, 11) is 1.70. The Morgan fingerprint density at radius 2 is 2.00 bits per heavy atom. The van der Waals surface area contributed by atoms with E-state index in [2.05, 4.69) is 32.3 Å². The molecule has 2 unspecified atom stereocenters. The summed E-state index contributed by atoms with van der Waals surface area (Å²) in [6.07, 6.45) is -0.0355. The molecule has 0 saturated carbocycles. The molecule has 0 aliphatic heterocycles. The Kier molecular flexibility index (Phi) is 4.24. The lowest BCUT2D eigenvalue weighted by Crippen LogP contribution is -2.40. The standard InChI is InChI=1S/C15H22N2O2/c1-9(2)15(18-4)14(17-16)13-8-11-7-10(3)5-6-12(11)19-13/h5-9,14-15,17H,16H2,1-4H3. The SMILES string of the molecule is COC(C(C)C)C(NN)c1cc2cc(C)ccc2o1. The second-order valence-corrected chi connectivity index (χ2v) is 5.28. The molecule has 19 heavy (non-hydrogen) atoms. The molecule has 1 heterocycles. The Morgan fingerprint density at radius 1 is 1.26 bits per heavy atom. The van der Waals surface area contributed by atoms with Crippen molar-refractivity contribution in [2.45, 2.75) is 32.9 Å². The van der Waals surface area contributed by atoms with Gasteiger partial charge in [-0.15, -0.1) is 0 Å². The maximum Gasteiger partial charge on any atom is 0.134 e. The predicted octanol–water partition coefficient (Wildman–Crippen LogP) is 2.92. The Balaban J connectivity index is 2.40. The van der Waals surface area contributed by atoms with Gasteiger partial charge in [0.1, 0.15) is 17.4 Å². The number of hydrazine groups is 1. The van der Waals surface area contributed by atoms with Crippen molar-refractivity contribution in [1.29, 1.82) is 0 Å². The molecule has 0 saturated heterocycles. The van der Waals surface area contributed by atoms with E-state index in [1.54, 1.807) is 7.11 Å². The van der Waals surface area contributed by atoms with Gasteiger partial charge in [0.2, 0.25) is 0 Å². The van der Waals surface area contributed by atoms with Gasteiger partial charge in [0, 0.05) is 12.5 Å². The summed E-state index contributed by atoms with van der Waals surface area (Å²) in [5, 5.41) is 1.09. The van der Waals surface area contributed by atoms with Crippen LogP contribution in [0.1, 0.15) is 31.2 Å². The molecule has 0 radical (unpaired) electrons.